The zero-order valence-electron chi connectivity index (χ0n) is 13.4. The van der Waals surface area contributed by atoms with Gasteiger partial charge in [0.15, 0.2) is 0 Å². The fourth-order valence-electron chi connectivity index (χ4n) is 3.47. The fourth-order valence-corrected chi connectivity index (χ4v) is 3.86. The molecule has 2 aliphatic heterocycles. The molecule has 0 bridgehead atoms. The molecule has 2 amide bonds. The average Bonchev–Trinajstić information content (AvgIpc) is 2.95. The van der Waals surface area contributed by atoms with Gasteiger partial charge in [-0.15, -0.1) is 0 Å². The van der Waals surface area contributed by atoms with E-state index in [-0.39, 0.29) is 37.7 Å². The minimum atomic E-state index is -4.28. The van der Waals surface area contributed by atoms with Crippen LogP contribution in [0.3, 0.4) is 0 Å². The van der Waals surface area contributed by atoms with Gasteiger partial charge in [0.25, 0.3) is 0 Å². The van der Waals surface area contributed by atoms with Crippen molar-refractivity contribution in [1.82, 2.24) is 4.90 Å². The molecule has 4 nitrogen and oxygen atoms in total. The van der Waals surface area contributed by atoms with Gasteiger partial charge in [0.2, 0.25) is 11.8 Å². The van der Waals surface area contributed by atoms with Crippen LogP contribution in [0.5, 0.6) is 0 Å². The van der Waals surface area contributed by atoms with Crippen LogP contribution in [0.1, 0.15) is 19.3 Å². The van der Waals surface area contributed by atoms with E-state index in [2.05, 4.69) is 15.9 Å². The number of alkyl halides is 3. The predicted molar refractivity (Wildman–Crippen MR) is 90.0 cm³/mol. The molecule has 136 valence electrons. The van der Waals surface area contributed by atoms with Gasteiger partial charge in [0.05, 0.1) is 11.8 Å². The lowest BCUT2D eigenvalue weighted by molar-refractivity contribution is -0.188. The number of amides is 2. The average molecular weight is 419 g/mol. The molecule has 2 saturated heterocycles. The Bertz CT molecular complexity index is 680. The van der Waals surface area contributed by atoms with Crippen LogP contribution in [0, 0.1) is 11.8 Å². The van der Waals surface area contributed by atoms with Gasteiger partial charge in [-0.1, -0.05) is 22.0 Å². The Balaban J connectivity index is 1.68. The van der Waals surface area contributed by atoms with Crippen LogP contribution in [0.4, 0.5) is 18.9 Å². The van der Waals surface area contributed by atoms with E-state index in [0.717, 1.165) is 4.47 Å². The molecule has 0 spiro atoms. The molecule has 0 aliphatic carbocycles. The lowest BCUT2D eigenvalue weighted by Gasteiger charge is -2.35. The number of likely N-dealkylation sites (tertiary alicyclic amines) is 1. The quantitative estimate of drug-likeness (QED) is 0.735. The van der Waals surface area contributed by atoms with Crippen molar-refractivity contribution in [3.8, 4) is 0 Å². The molecule has 0 radical (unpaired) electrons. The first-order valence-corrected chi connectivity index (χ1v) is 8.96. The number of rotatable bonds is 2. The predicted octanol–water partition coefficient (Wildman–Crippen LogP) is 3.60. The second kappa shape index (κ2) is 6.97. The highest BCUT2D eigenvalue weighted by Crippen LogP contribution is 2.34. The number of carbonyl (C=O) groups is 2. The van der Waals surface area contributed by atoms with E-state index < -0.39 is 18.0 Å². The number of carbonyl (C=O) groups excluding carboxylic acids is 2. The second-order valence-corrected chi connectivity index (χ2v) is 7.47. The van der Waals surface area contributed by atoms with E-state index >= 15 is 0 Å². The molecule has 0 aromatic heterocycles. The highest BCUT2D eigenvalue weighted by atomic mass is 79.9. The Morgan fingerprint density at radius 2 is 2.00 bits per heavy atom. The zero-order valence-corrected chi connectivity index (χ0v) is 15.0. The molecule has 2 fully saturated rings. The molecule has 25 heavy (non-hydrogen) atoms. The summed E-state index contributed by atoms with van der Waals surface area (Å²) in [6, 6.07) is 7.18. The van der Waals surface area contributed by atoms with Crippen LogP contribution < -0.4 is 4.90 Å². The highest BCUT2D eigenvalue weighted by molar-refractivity contribution is 9.10. The number of hydrogen-bond donors (Lipinski definition) is 0. The summed E-state index contributed by atoms with van der Waals surface area (Å²) in [6.07, 6.45) is -3.85. The van der Waals surface area contributed by atoms with Crippen molar-refractivity contribution in [3.63, 3.8) is 0 Å². The summed E-state index contributed by atoms with van der Waals surface area (Å²) in [4.78, 5) is 27.7. The number of hydrogen-bond acceptors (Lipinski definition) is 2. The van der Waals surface area contributed by atoms with Crippen molar-refractivity contribution in [2.45, 2.75) is 25.4 Å². The van der Waals surface area contributed by atoms with E-state index in [4.69, 9.17) is 0 Å². The Morgan fingerprint density at radius 1 is 1.24 bits per heavy atom. The Kier molecular flexibility index (Phi) is 5.09. The normalized spacial score (nSPS) is 24.7. The lowest BCUT2D eigenvalue weighted by Crippen LogP contribution is -2.47. The lowest BCUT2D eigenvalue weighted by atomic mass is 9.96. The number of anilines is 1. The van der Waals surface area contributed by atoms with Gasteiger partial charge in [0.1, 0.15) is 0 Å². The van der Waals surface area contributed by atoms with Gasteiger partial charge in [0, 0.05) is 36.2 Å². The molecule has 2 aliphatic rings. The van der Waals surface area contributed by atoms with Crippen LogP contribution in [0.25, 0.3) is 0 Å². The van der Waals surface area contributed by atoms with Crippen molar-refractivity contribution < 1.29 is 22.8 Å². The number of benzene rings is 1. The Morgan fingerprint density at radius 3 is 2.68 bits per heavy atom. The summed E-state index contributed by atoms with van der Waals surface area (Å²) in [6.45, 7) is 0.234. The van der Waals surface area contributed by atoms with Gasteiger partial charge in [-0.05, 0) is 31.0 Å². The van der Waals surface area contributed by atoms with E-state index in [1.807, 2.05) is 6.07 Å². The van der Waals surface area contributed by atoms with Crippen LogP contribution in [0.15, 0.2) is 28.7 Å². The first-order chi connectivity index (χ1) is 11.8. The first kappa shape index (κ1) is 18.2. The molecular weight excluding hydrogens is 401 g/mol. The maximum atomic E-state index is 12.9. The van der Waals surface area contributed by atoms with Gasteiger partial charge < -0.3 is 9.80 Å². The van der Waals surface area contributed by atoms with E-state index in [1.165, 1.54) is 9.80 Å². The van der Waals surface area contributed by atoms with Crippen molar-refractivity contribution in [3.05, 3.63) is 28.7 Å². The Hall–Kier alpha value is -1.57. The fraction of sp³-hybridized carbons (Fsp3) is 0.529. The first-order valence-electron chi connectivity index (χ1n) is 8.17. The van der Waals surface area contributed by atoms with Crippen molar-refractivity contribution in [2.75, 3.05) is 24.5 Å². The summed E-state index contributed by atoms with van der Waals surface area (Å²) in [7, 11) is 0. The SMILES string of the molecule is O=C([C@H]1CC(=O)N(c2cccc(Br)c2)C1)N1CCC[C@@H](C(F)(F)F)C1. The number of halogens is 4. The summed E-state index contributed by atoms with van der Waals surface area (Å²) < 4.78 is 39.6. The smallest absolute Gasteiger partial charge is 0.342 e. The molecule has 2 atom stereocenters. The van der Waals surface area contributed by atoms with E-state index in [9.17, 15) is 22.8 Å². The van der Waals surface area contributed by atoms with Crippen LogP contribution >= 0.6 is 15.9 Å². The van der Waals surface area contributed by atoms with Gasteiger partial charge >= 0.3 is 6.18 Å². The molecule has 0 N–H and O–H groups in total. The van der Waals surface area contributed by atoms with Crippen molar-refractivity contribution >= 4 is 33.4 Å². The highest BCUT2D eigenvalue weighted by Gasteiger charge is 2.44. The largest absolute Gasteiger partial charge is 0.393 e. The van der Waals surface area contributed by atoms with Crippen molar-refractivity contribution in [2.24, 2.45) is 11.8 Å². The third kappa shape index (κ3) is 3.99. The summed E-state index contributed by atoms with van der Waals surface area (Å²) in [5.74, 6) is -2.58. The van der Waals surface area contributed by atoms with Crippen LogP contribution in [-0.4, -0.2) is 42.5 Å². The number of nitrogens with zero attached hydrogens (tertiary/aromatic N) is 2. The third-order valence-corrected chi connectivity index (χ3v) is 5.28. The van der Waals surface area contributed by atoms with Gasteiger partial charge in [-0.2, -0.15) is 13.2 Å². The maximum Gasteiger partial charge on any atom is 0.393 e. The standard InChI is InChI=1S/C17H18BrF3N2O2/c18-13-4-1-5-14(8-13)23-9-11(7-15(23)24)16(25)22-6-2-3-12(10-22)17(19,20)21/h1,4-5,8,11-12H,2-3,6-7,9-10H2/t11-,12+/m0/s1. The molecule has 1 aromatic rings. The summed E-state index contributed by atoms with van der Waals surface area (Å²) in [5, 5.41) is 0. The van der Waals surface area contributed by atoms with Crippen molar-refractivity contribution in [1.29, 1.82) is 0 Å². The minimum absolute atomic E-state index is 0.0402. The molecule has 8 heteroatoms. The molecular formula is C17H18BrF3N2O2. The molecule has 0 saturated carbocycles. The van der Waals surface area contributed by atoms with Crippen LogP contribution in [-0.2, 0) is 9.59 Å². The monoisotopic (exact) mass is 418 g/mol. The summed E-state index contributed by atoms with van der Waals surface area (Å²) in [5.41, 5.74) is 0.682. The van der Waals surface area contributed by atoms with E-state index in [0.29, 0.717) is 18.7 Å². The minimum Gasteiger partial charge on any atom is -0.342 e. The third-order valence-electron chi connectivity index (χ3n) is 4.79. The summed E-state index contributed by atoms with van der Waals surface area (Å²) >= 11 is 3.34. The van der Waals surface area contributed by atoms with Gasteiger partial charge in [-0.3, -0.25) is 9.59 Å². The molecule has 1 aromatic carbocycles. The van der Waals surface area contributed by atoms with E-state index in [1.54, 1.807) is 18.2 Å². The molecule has 3 rings (SSSR count). The number of piperidine rings is 1. The maximum absolute atomic E-state index is 12.9. The Labute approximate surface area is 152 Å². The topological polar surface area (TPSA) is 40.6 Å². The molecule has 2 heterocycles. The molecule has 0 unspecified atom stereocenters. The van der Waals surface area contributed by atoms with Gasteiger partial charge in [-0.25, -0.2) is 0 Å². The second-order valence-electron chi connectivity index (χ2n) is 6.55. The van der Waals surface area contributed by atoms with Crippen LogP contribution in [0.2, 0.25) is 0 Å². The zero-order chi connectivity index (χ0) is 18.2.